The summed E-state index contributed by atoms with van der Waals surface area (Å²) in [5.74, 6) is 3.14. The molecule has 3 nitrogen and oxygen atoms in total. The Hall–Kier alpha value is -6.76. The number of terminal acetylenes is 1. The van der Waals surface area contributed by atoms with Crippen molar-refractivity contribution in [1.29, 1.82) is 0 Å². The number of aromatic nitrogens is 3. The highest BCUT2D eigenvalue weighted by Crippen LogP contribution is 2.42. The molecule has 0 atom stereocenters. The fraction of sp³-hybridized carbons (Fsp3) is 0. The average Bonchev–Trinajstić information content (AvgIpc) is 3.52. The highest BCUT2D eigenvalue weighted by molar-refractivity contribution is 6.26. The molecule has 0 saturated carbocycles. The molecule has 2 heterocycles. The lowest BCUT2D eigenvalue weighted by Crippen LogP contribution is -2.00. The zero-order valence-electron chi connectivity index (χ0n) is 26.4. The normalized spacial score (nSPS) is 11.7. The first-order valence-corrected chi connectivity index (χ1v) is 16.5. The summed E-state index contributed by atoms with van der Waals surface area (Å²) < 4.78 is 2.38. The fourth-order valence-corrected chi connectivity index (χ4v) is 7.59. The number of fused-ring (bicyclic) bond motifs is 9. The molecule has 0 saturated heterocycles. The van der Waals surface area contributed by atoms with Crippen LogP contribution >= 0.6 is 0 Å². The SMILES string of the molecule is C#Cc1c(-n2c3ccc4ccccc4c3c3ccc4ccccc4c32)ccc2ccc(-c3nc4ccccc4nc3-c3ccccc3)cc12. The van der Waals surface area contributed by atoms with Crippen molar-refractivity contribution in [3.8, 4) is 40.5 Å². The van der Waals surface area contributed by atoms with Gasteiger partial charge in [0.05, 0.1) is 44.7 Å². The van der Waals surface area contributed by atoms with Gasteiger partial charge in [0, 0.05) is 32.7 Å². The van der Waals surface area contributed by atoms with Gasteiger partial charge in [-0.3, -0.25) is 0 Å². The molecule has 0 unspecified atom stereocenters. The Kier molecular flexibility index (Phi) is 5.94. The Balaban J connectivity index is 1.30. The van der Waals surface area contributed by atoms with Gasteiger partial charge in [-0.25, -0.2) is 9.97 Å². The third kappa shape index (κ3) is 4.11. The van der Waals surface area contributed by atoms with Crippen molar-refractivity contribution in [2.75, 3.05) is 0 Å². The lowest BCUT2D eigenvalue weighted by atomic mass is 9.97. The molecule has 2 aromatic heterocycles. The van der Waals surface area contributed by atoms with Gasteiger partial charge in [-0.1, -0.05) is 133 Å². The minimum absolute atomic E-state index is 0.828. The van der Waals surface area contributed by atoms with Gasteiger partial charge in [-0.05, 0) is 51.9 Å². The van der Waals surface area contributed by atoms with Crippen LogP contribution in [-0.4, -0.2) is 14.5 Å². The van der Waals surface area contributed by atoms with E-state index >= 15 is 0 Å². The lowest BCUT2D eigenvalue weighted by molar-refractivity contribution is 1.18. The number of hydrogen-bond acceptors (Lipinski definition) is 2. The molecule has 0 fully saturated rings. The maximum atomic E-state index is 6.51. The first-order valence-electron chi connectivity index (χ1n) is 16.5. The van der Waals surface area contributed by atoms with Crippen LogP contribution in [0.5, 0.6) is 0 Å². The molecule has 226 valence electrons. The summed E-state index contributed by atoms with van der Waals surface area (Å²) in [7, 11) is 0. The van der Waals surface area contributed by atoms with Crippen LogP contribution in [0.1, 0.15) is 5.56 Å². The second-order valence-corrected chi connectivity index (χ2v) is 12.5. The first-order chi connectivity index (χ1) is 24.3. The van der Waals surface area contributed by atoms with Crippen molar-refractivity contribution in [3.63, 3.8) is 0 Å². The number of hydrogen-bond donors (Lipinski definition) is 0. The summed E-state index contributed by atoms with van der Waals surface area (Å²) in [6.45, 7) is 0. The topological polar surface area (TPSA) is 30.7 Å². The third-order valence-corrected chi connectivity index (χ3v) is 9.82. The zero-order chi connectivity index (χ0) is 32.5. The third-order valence-electron chi connectivity index (χ3n) is 9.82. The maximum Gasteiger partial charge on any atom is 0.0973 e. The second kappa shape index (κ2) is 10.6. The zero-order valence-corrected chi connectivity index (χ0v) is 26.4. The fourth-order valence-electron chi connectivity index (χ4n) is 7.59. The molecule has 0 aliphatic heterocycles. The Bertz CT molecular complexity index is 3000. The number of nitrogens with zero attached hydrogens (tertiary/aromatic N) is 3. The van der Waals surface area contributed by atoms with Gasteiger partial charge in [-0.15, -0.1) is 6.42 Å². The van der Waals surface area contributed by atoms with Gasteiger partial charge in [-0.2, -0.15) is 0 Å². The van der Waals surface area contributed by atoms with Gasteiger partial charge < -0.3 is 4.57 Å². The van der Waals surface area contributed by atoms with Gasteiger partial charge in [0.1, 0.15) is 0 Å². The van der Waals surface area contributed by atoms with Crippen LogP contribution in [0, 0.1) is 12.3 Å². The van der Waals surface area contributed by atoms with Crippen molar-refractivity contribution < 1.29 is 0 Å². The summed E-state index contributed by atoms with van der Waals surface area (Å²) >= 11 is 0. The van der Waals surface area contributed by atoms with E-state index in [1.165, 1.54) is 32.3 Å². The molecular weight excluding hydrogens is 595 g/mol. The highest BCUT2D eigenvalue weighted by atomic mass is 15.0. The molecule has 8 aromatic carbocycles. The summed E-state index contributed by atoms with van der Waals surface area (Å²) in [4.78, 5) is 10.3. The summed E-state index contributed by atoms with van der Waals surface area (Å²) in [5.41, 5.74) is 9.49. The van der Waals surface area contributed by atoms with Gasteiger partial charge in [0.2, 0.25) is 0 Å². The van der Waals surface area contributed by atoms with Gasteiger partial charge in [0.15, 0.2) is 0 Å². The van der Waals surface area contributed by atoms with Crippen molar-refractivity contribution >= 4 is 65.2 Å². The van der Waals surface area contributed by atoms with Crippen LogP contribution in [0.4, 0.5) is 0 Å². The summed E-state index contributed by atoms with van der Waals surface area (Å²) in [6, 6.07) is 55.3. The first kappa shape index (κ1) is 27.4. The Morgan fingerprint density at radius 2 is 1.06 bits per heavy atom. The molecule has 0 spiro atoms. The van der Waals surface area contributed by atoms with E-state index in [1.807, 2.05) is 42.5 Å². The monoisotopic (exact) mass is 621 g/mol. The van der Waals surface area contributed by atoms with E-state index < -0.39 is 0 Å². The standard InChI is InChI=1S/C46H27N3/c1-2-34-38-28-33(45-44(32-14-4-3-5-15-32)47-39-18-10-11-19-40(39)48-45)21-20-31(38)23-26-41(34)49-42-27-24-29-12-6-8-16-35(29)43(42)37-25-22-30-13-7-9-17-36(30)46(37)49/h1,3-28H. The molecule has 0 N–H and O–H groups in total. The predicted octanol–water partition coefficient (Wildman–Crippen LogP) is 11.5. The molecule has 0 aliphatic rings. The van der Waals surface area contributed by atoms with Crippen LogP contribution in [0.15, 0.2) is 158 Å². The van der Waals surface area contributed by atoms with Crippen LogP contribution in [0.25, 0.3) is 93.4 Å². The van der Waals surface area contributed by atoms with Crippen molar-refractivity contribution in [2.45, 2.75) is 0 Å². The van der Waals surface area contributed by atoms with E-state index in [0.717, 1.165) is 66.6 Å². The number of benzene rings is 8. The maximum absolute atomic E-state index is 6.51. The van der Waals surface area contributed by atoms with Crippen LogP contribution in [-0.2, 0) is 0 Å². The highest BCUT2D eigenvalue weighted by Gasteiger charge is 2.20. The molecule has 3 heteroatoms. The van der Waals surface area contributed by atoms with E-state index in [9.17, 15) is 0 Å². The Morgan fingerprint density at radius 3 is 1.84 bits per heavy atom. The quantitative estimate of drug-likeness (QED) is 0.184. The predicted molar refractivity (Wildman–Crippen MR) is 205 cm³/mol. The van der Waals surface area contributed by atoms with Gasteiger partial charge >= 0.3 is 0 Å². The molecule has 0 radical (unpaired) electrons. The lowest BCUT2D eigenvalue weighted by Gasteiger charge is -2.16. The number of rotatable bonds is 3. The average molecular weight is 622 g/mol. The molecule has 49 heavy (non-hydrogen) atoms. The molecular formula is C46H27N3. The van der Waals surface area contributed by atoms with E-state index in [0.29, 0.717) is 0 Å². The van der Waals surface area contributed by atoms with Crippen LogP contribution < -0.4 is 0 Å². The smallest absolute Gasteiger partial charge is 0.0973 e. The largest absolute Gasteiger partial charge is 0.307 e. The summed E-state index contributed by atoms with van der Waals surface area (Å²) in [6.07, 6.45) is 6.51. The Morgan fingerprint density at radius 1 is 0.469 bits per heavy atom. The van der Waals surface area contributed by atoms with Crippen LogP contribution in [0.2, 0.25) is 0 Å². The van der Waals surface area contributed by atoms with E-state index in [2.05, 4.69) is 126 Å². The molecule has 0 bridgehead atoms. The van der Waals surface area contributed by atoms with Crippen LogP contribution in [0.3, 0.4) is 0 Å². The molecule has 10 rings (SSSR count). The molecule has 0 aliphatic carbocycles. The van der Waals surface area contributed by atoms with Gasteiger partial charge in [0.25, 0.3) is 0 Å². The van der Waals surface area contributed by atoms with Crippen molar-refractivity contribution in [1.82, 2.24) is 14.5 Å². The minimum atomic E-state index is 0.828. The van der Waals surface area contributed by atoms with Crippen molar-refractivity contribution in [3.05, 3.63) is 163 Å². The van der Waals surface area contributed by atoms with E-state index in [4.69, 9.17) is 16.4 Å². The number of para-hydroxylation sites is 2. The van der Waals surface area contributed by atoms with E-state index in [-0.39, 0.29) is 0 Å². The molecule has 10 aromatic rings. The van der Waals surface area contributed by atoms with E-state index in [1.54, 1.807) is 0 Å². The summed E-state index contributed by atoms with van der Waals surface area (Å²) in [5, 5.41) is 9.35. The van der Waals surface area contributed by atoms with Crippen molar-refractivity contribution in [2.24, 2.45) is 0 Å². The molecule has 0 amide bonds. The minimum Gasteiger partial charge on any atom is -0.307 e. The Labute approximate surface area is 282 Å². The second-order valence-electron chi connectivity index (χ2n) is 12.5.